The molecule has 0 aliphatic heterocycles. The van der Waals surface area contributed by atoms with Gasteiger partial charge in [-0.2, -0.15) is 0 Å². The summed E-state index contributed by atoms with van der Waals surface area (Å²) in [6.07, 6.45) is 4.64. The number of thiazole rings is 1. The molecule has 0 spiro atoms. The summed E-state index contributed by atoms with van der Waals surface area (Å²) < 4.78 is 0. The van der Waals surface area contributed by atoms with Crippen LogP contribution in [0, 0.1) is 12.8 Å². The first-order valence-corrected chi connectivity index (χ1v) is 7.40. The summed E-state index contributed by atoms with van der Waals surface area (Å²) in [7, 11) is 1.90. The Balaban J connectivity index is 2.12. The van der Waals surface area contributed by atoms with Crippen molar-refractivity contribution in [2.75, 3.05) is 13.6 Å². The minimum Gasteiger partial charge on any atom is -0.338 e. The van der Waals surface area contributed by atoms with Crippen LogP contribution in [0.2, 0.25) is 0 Å². The highest BCUT2D eigenvalue weighted by Crippen LogP contribution is 2.28. The van der Waals surface area contributed by atoms with E-state index in [0.717, 1.165) is 23.4 Å². The molecule has 2 unspecified atom stereocenters. The van der Waals surface area contributed by atoms with Crippen LogP contribution in [0.1, 0.15) is 41.0 Å². The van der Waals surface area contributed by atoms with Crippen molar-refractivity contribution in [2.45, 2.75) is 38.6 Å². The van der Waals surface area contributed by atoms with E-state index in [1.807, 2.05) is 18.9 Å². The number of nitrogens with zero attached hydrogens (tertiary/aromatic N) is 2. The number of aryl methyl sites for hydroxylation is 1. The van der Waals surface area contributed by atoms with Crippen LogP contribution in [0.3, 0.4) is 0 Å². The lowest BCUT2D eigenvalue weighted by Crippen LogP contribution is -2.45. The van der Waals surface area contributed by atoms with Crippen molar-refractivity contribution in [1.29, 1.82) is 0 Å². The van der Waals surface area contributed by atoms with Gasteiger partial charge in [-0.1, -0.05) is 12.8 Å². The van der Waals surface area contributed by atoms with E-state index in [2.05, 4.69) is 4.98 Å². The van der Waals surface area contributed by atoms with Gasteiger partial charge >= 0.3 is 0 Å². The number of nitrogens with two attached hydrogens (primary N) is 1. The summed E-state index contributed by atoms with van der Waals surface area (Å²) >= 11 is 1.43. The van der Waals surface area contributed by atoms with Crippen molar-refractivity contribution in [2.24, 2.45) is 11.7 Å². The zero-order valence-electron chi connectivity index (χ0n) is 11.1. The number of rotatable bonds is 3. The first-order valence-electron chi connectivity index (χ1n) is 6.52. The number of aromatic nitrogens is 1. The first-order chi connectivity index (χ1) is 8.65. The quantitative estimate of drug-likeness (QED) is 0.911. The summed E-state index contributed by atoms with van der Waals surface area (Å²) in [6.45, 7) is 2.56. The minimum absolute atomic E-state index is 0.0975. The van der Waals surface area contributed by atoms with E-state index in [-0.39, 0.29) is 11.9 Å². The Labute approximate surface area is 112 Å². The second kappa shape index (κ2) is 5.80. The third-order valence-electron chi connectivity index (χ3n) is 3.93. The third kappa shape index (κ3) is 2.57. The summed E-state index contributed by atoms with van der Waals surface area (Å²) in [5.41, 5.74) is 8.40. The van der Waals surface area contributed by atoms with Crippen LogP contribution in [0.5, 0.6) is 0 Å². The Bertz CT molecular complexity index is 418. The Morgan fingerprint density at radius 1 is 1.56 bits per heavy atom. The van der Waals surface area contributed by atoms with Gasteiger partial charge in [0.25, 0.3) is 5.91 Å². The highest BCUT2D eigenvalue weighted by Gasteiger charge is 2.31. The Morgan fingerprint density at radius 2 is 2.28 bits per heavy atom. The Kier molecular flexibility index (Phi) is 4.35. The van der Waals surface area contributed by atoms with Crippen molar-refractivity contribution < 1.29 is 4.79 Å². The fourth-order valence-electron chi connectivity index (χ4n) is 2.79. The molecule has 2 N–H and O–H groups in total. The van der Waals surface area contributed by atoms with Crippen LogP contribution in [0.4, 0.5) is 0 Å². The van der Waals surface area contributed by atoms with Crippen molar-refractivity contribution in [1.82, 2.24) is 9.88 Å². The average molecular weight is 267 g/mol. The second-order valence-electron chi connectivity index (χ2n) is 5.03. The molecule has 1 fully saturated rings. The van der Waals surface area contributed by atoms with Crippen LogP contribution in [0.25, 0.3) is 0 Å². The highest BCUT2D eigenvalue weighted by atomic mass is 32.1. The lowest BCUT2D eigenvalue weighted by atomic mass is 9.83. The lowest BCUT2D eigenvalue weighted by Gasteiger charge is -2.37. The third-order valence-corrected chi connectivity index (χ3v) is 4.85. The molecule has 2 rings (SSSR count). The normalized spacial score (nSPS) is 23.9. The molecule has 18 heavy (non-hydrogen) atoms. The maximum absolute atomic E-state index is 12.4. The molecule has 4 nitrogen and oxygen atoms in total. The van der Waals surface area contributed by atoms with Crippen LogP contribution >= 0.6 is 11.3 Å². The first kappa shape index (κ1) is 13.5. The van der Waals surface area contributed by atoms with E-state index in [1.165, 1.54) is 24.2 Å². The molecule has 1 aromatic heterocycles. The molecule has 100 valence electrons. The largest absolute Gasteiger partial charge is 0.338 e. The molecule has 0 saturated heterocycles. The second-order valence-corrected chi connectivity index (χ2v) is 5.89. The van der Waals surface area contributed by atoms with Gasteiger partial charge in [-0.25, -0.2) is 4.98 Å². The van der Waals surface area contributed by atoms with Gasteiger partial charge in [0.1, 0.15) is 4.88 Å². The predicted octanol–water partition coefficient (Wildman–Crippen LogP) is 2.04. The molecule has 1 aromatic rings. The van der Waals surface area contributed by atoms with E-state index in [9.17, 15) is 4.79 Å². The van der Waals surface area contributed by atoms with Gasteiger partial charge in [0.15, 0.2) is 0 Å². The predicted molar refractivity (Wildman–Crippen MR) is 73.7 cm³/mol. The lowest BCUT2D eigenvalue weighted by molar-refractivity contribution is 0.0624. The molecule has 0 bridgehead atoms. The fourth-order valence-corrected chi connectivity index (χ4v) is 3.58. The topological polar surface area (TPSA) is 59.2 Å². The molecular formula is C13H21N3OS. The van der Waals surface area contributed by atoms with Crippen molar-refractivity contribution >= 4 is 17.2 Å². The van der Waals surface area contributed by atoms with Crippen molar-refractivity contribution in [3.63, 3.8) is 0 Å². The zero-order valence-corrected chi connectivity index (χ0v) is 11.9. The average Bonchev–Trinajstić information content (AvgIpc) is 2.83. The highest BCUT2D eigenvalue weighted by molar-refractivity contribution is 7.11. The molecule has 0 aromatic carbocycles. The van der Waals surface area contributed by atoms with Crippen LogP contribution in [-0.2, 0) is 0 Å². The number of amides is 1. The van der Waals surface area contributed by atoms with Crippen molar-refractivity contribution in [3.8, 4) is 0 Å². The Hall–Kier alpha value is -0.940. The maximum atomic E-state index is 12.4. The van der Waals surface area contributed by atoms with E-state index in [1.54, 1.807) is 5.51 Å². The maximum Gasteiger partial charge on any atom is 0.265 e. The van der Waals surface area contributed by atoms with Gasteiger partial charge in [0.2, 0.25) is 0 Å². The van der Waals surface area contributed by atoms with Crippen LogP contribution < -0.4 is 5.73 Å². The van der Waals surface area contributed by atoms with Gasteiger partial charge < -0.3 is 10.6 Å². The molecule has 1 aliphatic carbocycles. The van der Waals surface area contributed by atoms with Gasteiger partial charge in [-0.15, -0.1) is 11.3 Å². The fraction of sp³-hybridized carbons (Fsp3) is 0.692. The molecule has 2 atom stereocenters. The smallest absolute Gasteiger partial charge is 0.265 e. The minimum atomic E-state index is 0.0975. The van der Waals surface area contributed by atoms with E-state index >= 15 is 0 Å². The monoisotopic (exact) mass is 267 g/mol. The van der Waals surface area contributed by atoms with Crippen LogP contribution in [-0.4, -0.2) is 35.4 Å². The van der Waals surface area contributed by atoms with Gasteiger partial charge in [0, 0.05) is 13.1 Å². The molecular weight excluding hydrogens is 246 g/mol. The van der Waals surface area contributed by atoms with Gasteiger partial charge in [-0.3, -0.25) is 4.79 Å². The Morgan fingerprint density at radius 3 is 2.89 bits per heavy atom. The van der Waals surface area contributed by atoms with E-state index in [0.29, 0.717) is 12.5 Å². The van der Waals surface area contributed by atoms with Crippen molar-refractivity contribution in [3.05, 3.63) is 16.1 Å². The summed E-state index contributed by atoms with van der Waals surface area (Å²) in [4.78, 5) is 19.2. The summed E-state index contributed by atoms with van der Waals surface area (Å²) in [5, 5.41) is 0. The number of carbonyl (C=O) groups excluding carboxylic acids is 1. The standard InChI is InChI=1S/C13H21N3OS/c1-9-12(18-8-15-9)13(17)16(2)11-6-4-3-5-10(11)7-14/h8,10-11H,3-7,14H2,1-2H3. The number of carbonyl (C=O) groups is 1. The van der Waals surface area contributed by atoms with Gasteiger partial charge in [0.05, 0.1) is 11.2 Å². The van der Waals surface area contributed by atoms with E-state index in [4.69, 9.17) is 5.73 Å². The molecule has 0 radical (unpaired) electrons. The van der Waals surface area contributed by atoms with Crippen LogP contribution in [0.15, 0.2) is 5.51 Å². The number of hydrogen-bond acceptors (Lipinski definition) is 4. The SMILES string of the molecule is Cc1ncsc1C(=O)N(C)C1CCCCC1CN. The molecule has 1 heterocycles. The molecule has 1 amide bonds. The molecule has 1 saturated carbocycles. The van der Waals surface area contributed by atoms with Gasteiger partial charge in [-0.05, 0) is 32.2 Å². The van der Waals surface area contributed by atoms with E-state index < -0.39 is 0 Å². The molecule has 1 aliphatic rings. The zero-order chi connectivity index (χ0) is 13.1. The number of hydrogen-bond donors (Lipinski definition) is 1. The summed E-state index contributed by atoms with van der Waals surface area (Å²) in [5.74, 6) is 0.543. The summed E-state index contributed by atoms with van der Waals surface area (Å²) in [6, 6.07) is 0.290. The molecule has 5 heteroatoms.